The van der Waals surface area contributed by atoms with Gasteiger partial charge in [-0.15, -0.1) is 0 Å². The fourth-order valence-electron chi connectivity index (χ4n) is 1.81. The first-order valence-electron chi connectivity index (χ1n) is 5.51. The topological polar surface area (TPSA) is 32.7 Å². The van der Waals surface area contributed by atoms with Gasteiger partial charge in [-0.05, 0) is 19.7 Å². The highest BCUT2D eigenvalue weighted by molar-refractivity contribution is 5.43. The van der Waals surface area contributed by atoms with E-state index >= 15 is 0 Å². The van der Waals surface area contributed by atoms with Gasteiger partial charge in [-0.25, -0.2) is 0 Å². The van der Waals surface area contributed by atoms with Crippen LogP contribution in [-0.4, -0.2) is 37.8 Å². The second-order valence-corrected chi connectivity index (χ2v) is 4.36. The molecule has 0 spiro atoms. The van der Waals surface area contributed by atoms with E-state index in [0.717, 1.165) is 23.4 Å². The minimum atomic E-state index is 0.108. The summed E-state index contributed by atoms with van der Waals surface area (Å²) in [4.78, 5) is 2.10. The smallest absolute Gasteiger partial charge is 0.126 e. The van der Waals surface area contributed by atoms with Gasteiger partial charge in [0.25, 0.3) is 0 Å². The molecule has 0 aliphatic rings. The molecule has 0 saturated carbocycles. The summed E-state index contributed by atoms with van der Waals surface area (Å²) in [7, 11) is 5.74. The number of rotatable bonds is 5. The number of nitrogens with zero attached hydrogens (tertiary/aromatic N) is 1. The zero-order valence-electron chi connectivity index (χ0n) is 10.5. The Morgan fingerprint density at radius 2 is 2.06 bits per heavy atom. The van der Waals surface area contributed by atoms with Gasteiger partial charge in [0, 0.05) is 24.6 Å². The molecule has 0 bridgehead atoms. The molecule has 1 aromatic rings. The highest BCUT2D eigenvalue weighted by Gasteiger charge is 2.14. The van der Waals surface area contributed by atoms with Crippen molar-refractivity contribution in [2.24, 2.45) is 0 Å². The van der Waals surface area contributed by atoms with Gasteiger partial charge < -0.3 is 14.7 Å². The minimum absolute atomic E-state index is 0.108. The van der Waals surface area contributed by atoms with Crippen LogP contribution in [0.1, 0.15) is 24.0 Å². The number of para-hydroxylation sites is 1. The van der Waals surface area contributed by atoms with E-state index in [1.54, 1.807) is 7.11 Å². The Morgan fingerprint density at radius 3 is 2.56 bits per heavy atom. The van der Waals surface area contributed by atoms with Crippen LogP contribution in [0, 0.1) is 0 Å². The Labute approximate surface area is 97.7 Å². The lowest BCUT2D eigenvalue weighted by Gasteiger charge is -2.19. The Kier molecular flexibility index (Phi) is 4.77. The Bertz CT molecular complexity index is 337. The molecule has 0 aliphatic heterocycles. The second-order valence-electron chi connectivity index (χ2n) is 4.36. The highest BCUT2D eigenvalue weighted by Crippen LogP contribution is 2.30. The molecule has 1 unspecified atom stereocenters. The summed E-state index contributed by atoms with van der Waals surface area (Å²) in [6, 6.07) is 6.09. The van der Waals surface area contributed by atoms with Crippen LogP contribution in [-0.2, 0) is 6.54 Å². The number of aliphatic hydroxyl groups excluding tert-OH is 1. The molecule has 0 amide bonds. The number of benzene rings is 1. The minimum Gasteiger partial charge on any atom is -0.496 e. The van der Waals surface area contributed by atoms with Gasteiger partial charge in [0.15, 0.2) is 0 Å². The first-order valence-corrected chi connectivity index (χ1v) is 5.51. The quantitative estimate of drug-likeness (QED) is 0.827. The Morgan fingerprint density at radius 1 is 1.38 bits per heavy atom. The SMILES string of the molecule is COc1c(CN(C)C)cccc1C(C)CO. The van der Waals surface area contributed by atoms with Crippen molar-refractivity contribution in [3.05, 3.63) is 29.3 Å². The lowest BCUT2D eigenvalue weighted by Crippen LogP contribution is -2.13. The van der Waals surface area contributed by atoms with Gasteiger partial charge >= 0.3 is 0 Å². The molecule has 1 aromatic carbocycles. The van der Waals surface area contributed by atoms with Crippen molar-refractivity contribution in [2.45, 2.75) is 19.4 Å². The molecule has 1 N–H and O–H groups in total. The van der Waals surface area contributed by atoms with Crippen LogP contribution in [0.2, 0.25) is 0 Å². The van der Waals surface area contributed by atoms with Gasteiger partial charge in [-0.1, -0.05) is 25.1 Å². The van der Waals surface area contributed by atoms with Crippen LogP contribution >= 0.6 is 0 Å². The number of aliphatic hydroxyl groups is 1. The number of hydrogen-bond acceptors (Lipinski definition) is 3. The van der Waals surface area contributed by atoms with Crippen LogP contribution in [0.25, 0.3) is 0 Å². The molecule has 0 fully saturated rings. The van der Waals surface area contributed by atoms with Crippen LogP contribution in [0.3, 0.4) is 0 Å². The van der Waals surface area contributed by atoms with Crippen LogP contribution in [0.5, 0.6) is 5.75 Å². The molecule has 0 radical (unpaired) electrons. The molecule has 1 atom stereocenters. The molecule has 3 heteroatoms. The van der Waals surface area contributed by atoms with E-state index in [4.69, 9.17) is 4.74 Å². The lowest BCUT2D eigenvalue weighted by atomic mass is 9.98. The van der Waals surface area contributed by atoms with Crippen molar-refractivity contribution in [2.75, 3.05) is 27.8 Å². The number of methoxy groups -OCH3 is 1. The van der Waals surface area contributed by atoms with Gasteiger partial charge in [0.2, 0.25) is 0 Å². The maximum Gasteiger partial charge on any atom is 0.126 e. The Hall–Kier alpha value is -1.06. The molecule has 16 heavy (non-hydrogen) atoms. The summed E-state index contributed by atoms with van der Waals surface area (Å²) in [6.45, 7) is 2.98. The van der Waals surface area contributed by atoms with E-state index in [9.17, 15) is 5.11 Å². The summed E-state index contributed by atoms with van der Waals surface area (Å²) >= 11 is 0. The van der Waals surface area contributed by atoms with Gasteiger partial charge in [0.1, 0.15) is 5.75 Å². The third-order valence-electron chi connectivity index (χ3n) is 2.62. The van der Waals surface area contributed by atoms with Crippen molar-refractivity contribution in [3.63, 3.8) is 0 Å². The summed E-state index contributed by atoms with van der Waals surface area (Å²) in [5, 5.41) is 9.21. The van der Waals surface area contributed by atoms with E-state index in [-0.39, 0.29) is 12.5 Å². The number of hydrogen-bond donors (Lipinski definition) is 1. The maximum absolute atomic E-state index is 9.21. The van der Waals surface area contributed by atoms with Crippen molar-refractivity contribution in [1.82, 2.24) is 4.90 Å². The zero-order chi connectivity index (χ0) is 12.1. The second kappa shape index (κ2) is 5.87. The summed E-state index contributed by atoms with van der Waals surface area (Å²) in [5.74, 6) is 1.01. The van der Waals surface area contributed by atoms with Gasteiger partial charge in [-0.3, -0.25) is 0 Å². The molecular weight excluding hydrogens is 202 g/mol. The molecule has 0 aromatic heterocycles. The monoisotopic (exact) mass is 223 g/mol. The fraction of sp³-hybridized carbons (Fsp3) is 0.538. The standard InChI is InChI=1S/C13H21NO2/c1-10(9-15)12-7-5-6-11(8-14(2)3)13(12)16-4/h5-7,10,15H,8-9H2,1-4H3. The van der Waals surface area contributed by atoms with E-state index in [1.807, 2.05) is 33.2 Å². The third kappa shape index (κ3) is 2.97. The molecular formula is C13H21NO2. The normalized spacial score (nSPS) is 12.9. The highest BCUT2D eigenvalue weighted by atomic mass is 16.5. The molecule has 1 rings (SSSR count). The summed E-state index contributed by atoms with van der Waals surface area (Å²) in [6.07, 6.45) is 0. The molecule has 90 valence electrons. The third-order valence-corrected chi connectivity index (χ3v) is 2.62. The van der Waals surface area contributed by atoms with Crippen molar-refractivity contribution < 1.29 is 9.84 Å². The molecule has 0 heterocycles. The average molecular weight is 223 g/mol. The van der Waals surface area contributed by atoms with Crippen molar-refractivity contribution in [1.29, 1.82) is 0 Å². The molecule has 0 saturated heterocycles. The van der Waals surface area contributed by atoms with E-state index in [0.29, 0.717) is 0 Å². The lowest BCUT2D eigenvalue weighted by molar-refractivity contribution is 0.269. The number of ether oxygens (including phenoxy) is 1. The summed E-state index contributed by atoms with van der Waals surface area (Å²) in [5.41, 5.74) is 2.23. The predicted molar refractivity (Wildman–Crippen MR) is 65.9 cm³/mol. The largest absolute Gasteiger partial charge is 0.496 e. The van der Waals surface area contributed by atoms with E-state index in [2.05, 4.69) is 11.0 Å². The fourth-order valence-corrected chi connectivity index (χ4v) is 1.81. The van der Waals surface area contributed by atoms with Crippen LogP contribution in [0.15, 0.2) is 18.2 Å². The van der Waals surface area contributed by atoms with Gasteiger partial charge in [-0.2, -0.15) is 0 Å². The predicted octanol–water partition coefficient (Wildman–Crippen LogP) is 1.85. The summed E-state index contributed by atoms with van der Waals surface area (Å²) < 4.78 is 5.46. The molecule has 3 nitrogen and oxygen atoms in total. The van der Waals surface area contributed by atoms with Crippen LogP contribution < -0.4 is 4.74 Å². The van der Waals surface area contributed by atoms with Crippen molar-refractivity contribution >= 4 is 0 Å². The first kappa shape index (κ1) is 13.0. The maximum atomic E-state index is 9.21. The Balaban J connectivity index is 3.10. The average Bonchev–Trinajstić information content (AvgIpc) is 2.27. The van der Waals surface area contributed by atoms with E-state index in [1.165, 1.54) is 0 Å². The first-order chi connectivity index (χ1) is 7.60. The van der Waals surface area contributed by atoms with Crippen molar-refractivity contribution in [3.8, 4) is 5.75 Å². The van der Waals surface area contributed by atoms with Gasteiger partial charge in [0.05, 0.1) is 7.11 Å². The van der Waals surface area contributed by atoms with Crippen LogP contribution in [0.4, 0.5) is 0 Å². The zero-order valence-corrected chi connectivity index (χ0v) is 10.5. The van der Waals surface area contributed by atoms with E-state index < -0.39 is 0 Å². The molecule has 0 aliphatic carbocycles.